The quantitative estimate of drug-likeness (QED) is 0.749. The first-order valence-corrected chi connectivity index (χ1v) is 7.47. The largest absolute Gasteiger partial charge is 0.397 e. The summed E-state index contributed by atoms with van der Waals surface area (Å²) in [5.74, 6) is -0.0551. The van der Waals surface area contributed by atoms with Gasteiger partial charge in [-0.3, -0.25) is 4.79 Å². The van der Waals surface area contributed by atoms with Gasteiger partial charge < -0.3 is 10.6 Å². The van der Waals surface area contributed by atoms with Crippen LogP contribution in [0, 0.1) is 0 Å². The number of carbonyl (C=O) groups excluding carboxylic acids is 1. The van der Waals surface area contributed by atoms with Gasteiger partial charge in [0.05, 0.1) is 11.9 Å². The minimum atomic E-state index is -0.0551. The Balaban J connectivity index is 1.80. The van der Waals surface area contributed by atoms with Crippen LogP contribution < -0.4 is 10.6 Å². The predicted molar refractivity (Wildman–Crippen MR) is 83.6 cm³/mol. The molecule has 4 rings (SSSR count). The van der Waals surface area contributed by atoms with Crippen LogP contribution in [0.1, 0.15) is 15.2 Å². The summed E-state index contributed by atoms with van der Waals surface area (Å²) in [6.07, 6.45) is 2.47. The number of thiophene rings is 1. The van der Waals surface area contributed by atoms with E-state index in [0.717, 1.165) is 17.5 Å². The summed E-state index contributed by atoms with van der Waals surface area (Å²) in [6, 6.07) is 9.77. The number of rotatable bonds is 1. The van der Waals surface area contributed by atoms with Crippen LogP contribution >= 0.6 is 11.3 Å². The van der Waals surface area contributed by atoms with Crippen molar-refractivity contribution < 1.29 is 4.79 Å². The van der Waals surface area contributed by atoms with Gasteiger partial charge >= 0.3 is 0 Å². The minimum absolute atomic E-state index is 0.0551. The molecule has 0 unspecified atom stereocenters. The second-order valence-corrected chi connectivity index (χ2v) is 5.93. The van der Waals surface area contributed by atoms with E-state index in [1.165, 1.54) is 16.9 Å². The summed E-state index contributed by atoms with van der Waals surface area (Å²) in [6.45, 7) is 0.692. The summed E-state index contributed by atoms with van der Waals surface area (Å²) in [5.41, 5.74) is 8.80. The van der Waals surface area contributed by atoms with Gasteiger partial charge in [-0.25, -0.2) is 0 Å². The fourth-order valence-corrected chi connectivity index (χ4v) is 3.69. The first-order chi connectivity index (χ1) is 10.3. The predicted octanol–water partition coefficient (Wildman–Crippen LogP) is 2.48. The molecular formula is C15H12N4OS. The van der Waals surface area contributed by atoms with Crippen molar-refractivity contribution in [3.8, 4) is 0 Å². The number of benzene rings is 1. The monoisotopic (exact) mass is 296 g/mol. The van der Waals surface area contributed by atoms with Crippen molar-refractivity contribution in [2.24, 2.45) is 0 Å². The molecule has 1 aliphatic heterocycles. The number of nitrogens with zero attached hydrogens (tertiary/aromatic N) is 3. The van der Waals surface area contributed by atoms with Gasteiger partial charge in [0, 0.05) is 17.6 Å². The van der Waals surface area contributed by atoms with Crippen LogP contribution in [-0.4, -0.2) is 22.6 Å². The smallest absolute Gasteiger partial charge is 0.270 e. The summed E-state index contributed by atoms with van der Waals surface area (Å²) < 4.78 is 0. The minimum Gasteiger partial charge on any atom is -0.397 e. The van der Waals surface area contributed by atoms with Crippen LogP contribution in [-0.2, 0) is 6.42 Å². The Labute approximate surface area is 125 Å². The van der Waals surface area contributed by atoms with Gasteiger partial charge in [0.2, 0.25) is 0 Å². The molecule has 6 heteroatoms. The van der Waals surface area contributed by atoms with Gasteiger partial charge in [-0.2, -0.15) is 5.10 Å². The van der Waals surface area contributed by atoms with E-state index < -0.39 is 0 Å². The number of aromatic nitrogens is 2. The lowest BCUT2D eigenvalue weighted by atomic mass is 10.2. The highest BCUT2D eigenvalue weighted by Crippen LogP contribution is 2.35. The second-order valence-electron chi connectivity index (χ2n) is 4.93. The lowest BCUT2D eigenvalue weighted by Crippen LogP contribution is -2.28. The maximum Gasteiger partial charge on any atom is 0.270 e. The maximum atomic E-state index is 12.8. The summed E-state index contributed by atoms with van der Waals surface area (Å²) in [5, 5.41) is 8.67. The number of carbonyl (C=O) groups is 1. The average Bonchev–Trinajstić information content (AvgIpc) is 3.09. The average molecular weight is 296 g/mol. The highest BCUT2D eigenvalue weighted by molar-refractivity contribution is 7.21. The number of para-hydroxylation sites is 1. The second kappa shape index (κ2) is 4.53. The third kappa shape index (κ3) is 1.80. The Kier molecular flexibility index (Phi) is 2.65. The Hall–Kier alpha value is -2.47. The van der Waals surface area contributed by atoms with Gasteiger partial charge in [0.1, 0.15) is 9.71 Å². The SMILES string of the molecule is Nc1c(C(=O)N2CCc3ccccc32)sc2nnccc12. The molecule has 0 saturated heterocycles. The Morgan fingerprint density at radius 1 is 1.29 bits per heavy atom. The number of hydrogen-bond donors (Lipinski definition) is 1. The maximum absolute atomic E-state index is 12.8. The van der Waals surface area contributed by atoms with E-state index in [-0.39, 0.29) is 5.91 Å². The van der Waals surface area contributed by atoms with E-state index in [1.807, 2.05) is 18.2 Å². The number of anilines is 2. The summed E-state index contributed by atoms with van der Waals surface area (Å²) in [7, 11) is 0. The molecule has 21 heavy (non-hydrogen) atoms. The lowest BCUT2D eigenvalue weighted by molar-refractivity contribution is 0.0994. The highest BCUT2D eigenvalue weighted by Gasteiger charge is 2.28. The molecule has 1 amide bonds. The molecule has 2 aromatic heterocycles. The standard InChI is InChI=1S/C15H12N4OS/c16-12-10-5-7-17-18-14(10)21-13(12)15(20)19-8-6-9-3-1-2-4-11(9)19/h1-5,7H,6,8,16H2. The molecule has 0 saturated carbocycles. The van der Waals surface area contributed by atoms with Crippen molar-refractivity contribution in [2.45, 2.75) is 6.42 Å². The van der Waals surface area contributed by atoms with E-state index in [9.17, 15) is 4.79 Å². The van der Waals surface area contributed by atoms with Gasteiger partial charge in [-0.15, -0.1) is 16.4 Å². The van der Waals surface area contributed by atoms with Gasteiger partial charge in [0.25, 0.3) is 5.91 Å². The van der Waals surface area contributed by atoms with E-state index in [0.29, 0.717) is 21.9 Å². The lowest BCUT2D eigenvalue weighted by Gasteiger charge is -2.16. The molecule has 0 fully saturated rings. The fraction of sp³-hybridized carbons (Fsp3) is 0.133. The van der Waals surface area contributed by atoms with Crippen LogP contribution in [0.15, 0.2) is 36.5 Å². The van der Waals surface area contributed by atoms with Crippen molar-refractivity contribution in [2.75, 3.05) is 17.2 Å². The molecule has 2 N–H and O–H groups in total. The molecule has 5 nitrogen and oxygen atoms in total. The van der Waals surface area contributed by atoms with Crippen molar-refractivity contribution in [1.29, 1.82) is 0 Å². The highest BCUT2D eigenvalue weighted by atomic mass is 32.1. The molecule has 0 radical (unpaired) electrons. The third-order valence-corrected chi connectivity index (χ3v) is 4.84. The number of amides is 1. The molecule has 3 heterocycles. The van der Waals surface area contributed by atoms with Crippen LogP contribution in [0.5, 0.6) is 0 Å². The van der Waals surface area contributed by atoms with Crippen LogP contribution in [0.2, 0.25) is 0 Å². The van der Waals surface area contributed by atoms with Gasteiger partial charge in [0.15, 0.2) is 0 Å². The van der Waals surface area contributed by atoms with Crippen molar-refractivity contribution in [1.82, 2.24) is 10.2 Å². The first kappa shape index (κ1) is 12.3. The summed E-state index contributed by atoms with van der Waals surface area (Å²) >= 11 is 1.30. The number of nitrogens with two attached hydrogens (primary N) is 1. The fourth-order valence-electron chi connectivity index (χ4n) is 2.70. The Morgan fingerprint density at radius 2 is 2.14 bits per heavy atom. The van der Waals surface area contributed by atoms with E-state index >= 15 is 0 Å². The number of hydrogen-bond acceptors (Lipinski definition) is 5. The zero-order valence-corrected chi connectivity index (χ0v) is 11.9. The molecule has 0 aliphatic carbocycles. The Bertz CT molecular complexity index is 858. The first-order valence-electron chi connectivity index (χ1n) is 6.65. The normalized spacial score (nSPS) is 13.6. The van der Waals surface area contributed by atoms with Crippen molar-refractivity contribution in [3.05, 3.63) is 47.0 Å². The molecule has 1 aromatic carbocycles. The van der Waals surface area contributed by atoms with E-state index in [4.69, 9.17) is 5.73 Å². The molecule has 104 valence electrons. The van der Waals surface area contributed by atoms with E-state index in [2.05, 4.69) is 16.3 Å². The van der Waals surface area contributed by atoms with Gasteiger partial charge in [-0.1, -0.05) is 18.2 Å². The van der Waals surface area contributed by atoms with Crippen LogP contribution in [0.4, 0.5) is 11.4 Å². The zero-order valence-electron chi connectivity index (χ0n) is 11.1. The Morgan fingerprint density at radius 3 is 3.00 bits per heavy atom. The topological polar surface area (TPSA) is 72.1 Å². The van der Waals surface area contributed by atoms with Gasteiger partial charge in [-0.05, 0) is 24.1 Å². The number of nitrogen functional groups attached to an aromatic ring is 1. The molecule has 0 spiro atoms. The number of fused-ring (bicyclic) bond motifs is 2. The molecule has 0 bridgehead atoms. The molecule has 0 atom stereocenters. The third-order valence-electron chi connectivity index (χ3n) is 3.75. The van der Waals surface area contributed by atoms with Crippen molar-refractivity contribution >= 4 is 38.8 Å². The zero-order chi connectivity index (χ0) is 14.4. The molecular weight excluding hydrogens is 284 g/mol. The van der Waals surface area contributed by atoms with Crippen LogP contribution in [0.3, 0.4) is 0 Å². The van der Waals surface area contributed by atoms with Crippen molar-refractivity contribution in [3.63, 3.8) is 0 Å². The molecule has 1 aliphatic rings. The molecule has 3 aromatic rings. The van der Waals surface area contributed by atoms with E-state index in [1.54, 1.807) is 17.2 Å². The summed E-state index contributed by atoms with van der Waals surface area (Å²) in [4.78, 5) is 15.8. The van der Waals surface area contributed by atoms with Crippen LogP contribution in [0.25, 0.3) is 10.2 Å².